The van der Waals surface area contributed by atoms with Crippen LogP contribution in [0.25, 0.3) is 0 Å². The smallest absolute Gasteiger partial charge is 0.334 e. The number of carboxylic acid groups (broad SMARTS) is 1. The minimum atomic E-state index is -1.07. The average molecular weight is 432 g/mol. The third-order valence-electron chi connectivity index (χ3n) is 4.35. The van der Waals surface area contributed by atoms with Crippen LogP contribution in [0.15, 0.2) is 24.0 Å². The summed E-state index contributed by atoms with van der Waals surface area (Å²) in [7, 11) is 0. The number of aliphatic carboxylic acids is 1. The Hall–Kier alpha value is -0.957. The van der Waals surface area contributed by atoms with Crippen LogP contribution in [-0.4, -0.2) is 17.0 Å². The average Bonchev–Trinajstić information content (AvgIpc) is 2.62. The number of esters is 1. The molecule has 0 aliphatic rings. The van der Waals surface area contributed by atoms with Crippen molar-refractivity contribution >= 4 is 11.9 Å². The minimum Gasteiger partial charge on any atom is -0.478 e. The monoisotopic (exact) mass is 430 g/mol. The molecule has 0 amide bonds. The van der Waals surface area contributed by atoms with E-state index in [1.165, 1.54) is 64.7 Å². The van der Waals surface area contributed by atoms with Crippen molar-refractivity contribution in [2.45, 2.75) is 104 Å². The molecule has 0 radical (unpaired) electrons. The van der Waals surface area contributed by atoms with E-state index >= 15 is 0 Å². The van der Waals surface area contributed by atoms with Gasteiger partial charge in [-0.2, -0.15) is 0 Å². The Labute approximate surface area is 178 Å². The fraction of sp³-hybridized carbons (Fsp3) is 0.727. The maximum Gasteiger partial charge on any atom is 0.334 e. The van der Waals surface area contributed by atoms with Gasteiger partial charge in [-0.3, -0.25) is 4.79 Å². The van der Waals surface area contributed by atoms with Crippen LogP contribution in [0.2, 0.25) is 0 Å². The van der Waals surface area contributed by atoms with Gasteiger partial charge in [0.25, 0.3) is 0 Å². The number of allylic oxidation sites excluding steroid dienone is 2. The molecule has 0 heterocycles. The number of carboxylic acids is 1. The van der Waals surface area contributed by atoms with Crippen molar-refractivity contribution in [2.24, 2.45) is 0 Å². The van der Waals surface area contributed by atoms with Crippen LogP contribution in [0.1, 0.15) is 104 Å². The van der Waals surface area contributed by atoms with E-state index in [2.05, 4.69) is 19.1 Å². The third-order valence-corrected chi connectivity index (χ3v) is 4.35. The second kappa shape index (κ2) is 21.3. The molecule has 0 fully saturated rings. The van der Waals surface area contributed by atoms with Crippen molar-refractivity contribution in [3.8, 4) is 0 Å². The summed E-state index contributed by atoms with van der Waals surface area (Å²) in [5, 5.41) is 8.65. The van der Waals surface area contributed by atoms with Gasteiger partial charge in [-0.15, -0.1) is 0 Å². The molecule has 0 aromatic heterocycles. The number of carbonyl (C=O) groups excluding carboxylic acids is 1. The summed E-state index contributed by atoms with van der Waals surface area (Å²) >= 11 is 0. The first-order valence-electron chi connectivity index (χ1n) is 10.3. The molecular weight excluding hydrogens is 394 g/mol. The number of unbranched alkanes of at least 4 members (excludes halogenated alkanes) is 11. The quantitative estimate of drug-likeness (QED) is 0.0707. The molecule has 4 nitrogen and oxygen atoms in total. The molecule has 0 saturated carbocycles. The van der Waals surface area contributed by atoms with Crippen LogP contribution < -0.4 is 0 Å². The van der Waals surface area contributed by atoms with Crippen LogP contribution in [0.3, 0.4) is 0 Å². The van der Waals surface area contributed by atoms with Crippen molar-refractivity contribution in [2.75, 3.05) is 0 Å². The third kappa shape index (κ3) is 21.2. The van der Waals surface area contributed by atoms with Crippen LogP contribution in [0.5, 0.6) is 0 Å². The summed E-state index contributed by atoms with van der Waals surface area (Å²) in [6, 6.07) is 0. The number of carbonyl (C=O) groups is 2. The maximum absolute atomic E-state index is 11.4. The van der Waals surface area contributed by atoms with E-state index in [4.69, 9.17) is 9.84 Å². The summed E-state index contributed by atoms with van der Waals surface area (Å²) in [6.45, 7) is 3.65. The molecule has 1 N–H and O–H groups in total. The van der Waals surface area contributed by atoms with Crippen LogP contribution in [0, 0.1) is 0 Å². The minimum absolute atomic E-state index is 0. The topological polar surface area (TPSA) is 63.6 Å². The van der Waals surface area contributed by atoms with Gasteiger partial charge in [0, 0.05) is 25.9 Å². The van der Waals surface area contributed by atoms with Crippen molar-refractivity contribution < 1.29 is 38.9 Å². The van der Waals surface area contributed by atoms with Gasteiger partial charge in [-0.05, 0) is 39.0 Å². The zero-order valence-electron chi connectivity index (χ0n) is 17.5. The molecule has 0 aromatic rings. The molecule has 0 unspecified atom stereocenters. The van der Waals surface area contributed by atoms with E-state index < -0.39 is 5.97 Å². The summed E-state index contributed by atoms with van der Waals surface area (Å²) in [4.78, 5) is 22.0. The molecule has 0 aliphatic carbocycles. The SMILES string of the molecule is CCCCCCCC/C=C/CCCCCCCC(=O)OC=C(C)C(=O)O.[Zn]. The Morgan fingerprint density at radius 3 is 1.81 bits per heavy atom. The summed E-state index contributed by atoms with van der Waals surface area (Å²) in [6.07, 6.45) is 21.8. The molecule has 0 aromatic carbocycles. The molecular formula is C22H38O4Zn. The largest absolute Gasteiger partial charge is 0.478 e. The van der Waals surface area contributed by atoms with E-state index in [0.29, 0.717) is 6.42 Å². The Bertz CT molecular complexity index is 430. The first kappa shape index (κ1) is 28.3. The van der Waals surface area contributed by atoms with Gasteiger partial charge in [0.2, 0.25) is 0 Å². The number of rotatable bonds is 17. The predicted molar refractivity (Wildman–Crippen MR) is 107 cm³/mol. The number of ether oxygens (including phenoxy) is 1. The zero-order valence-corrected chi connectivity index (χ0v) is 20.5. The molecule has 0 rings (SSSR count). The van der Waals surface area contributed by atoms with E-state index in [0.717, 1.165) is 31.9 Å². The Balaban J connectivity index is 0. The summed E-state index contributed by atoms with van der Waals surface area (Å²) in [5.74, 6) is -1.43. The first-order chi connectivity index (χ1) is 12.6. The van der Waals surface area contributed by atoms with E-state index in [1.54, 1.807) is 0 Å². The molecule has 0 atom stereocenters. The molecule has 0 spiro atoms. The molecule has 5 heteroatoms. The van der Waals surface area contributed by atoms with Gasteiger partial charge in [0.1, 0.15) is 6.26 Å². The van der Waals surface area contributed by atoms with Gasteiger partial charge in [0.15, 0.2) is 0 Å². The number of hydrogen-bond acceptors (Lipinski definition) is 3. The van der Waals surface area contributed by atoms with Crippen molar-refractivity contribution in [3.63, 3.8) is 0 Å². The zero-order chi connectivity index (χ0) is 19.5. The fourth-order valence-corrected chi connectivity index (χ4v) is 2.60. The molecule has 27 heavy (non-hydrogen) atoms. The van der Waals surface area contributed by atoms with E-state index in [9.17, 15) is 9.59 Å². The van der Waals surface area contributed by atoms with E-state index in [1.807, 2.05) is 0 Å². The van der Waals surface area contributed by atoms with Crippen molar-refractivity contribution in [1.29, 1.82) is 0 Å². The fourth-order valence-electron chi connectivity index (χ4n) is 2.60. The second-order valence-electron chi connectivity index (χ2n) is 6.93. The molecule has 0 saturated heterocycles. The number of hydrogen-bond donors (Lipinski definition) is 1. The molecule has 0 bridgehead atoms. The summed E-state index contributed by atoms with van der Waals surface area (Å²) in [5.41, 5.74) is 0.0305. The van der Waals surface area contributed by atoms with Gasteiger partial charge >= 0.3 is 11.9 Å². The molecule has 0 aliphatic heterocycles. The van der Waals surface area contributed by atoms with Crippen LogP contribution in [-0.2, 0) is 33.8 Å². The van der Waals surface area contributed by atoms with Crippen LogP contribution >= 0.6 is 0 Å². The maximum atomic E-state index is 11.4. The van der Waals surface area contributed by atoms with Gasteiger partial charge < -0.3 is 9.84 Å². The van der Waals surface area contributed by atoms with E-state index in [-0.39, 0.29) is 31.0 Å². The normalized spacial score (nSPS) is 11.4. The summed E-state index contributed by atoms with van der Waals surface area (Å²) < 4.78 is 4.79. The van der Waals surface area contributed by atoms with Gasteiger partial charge in [-0.1, -0.05) is 70.4 Å². The van der Waals surface area contributed by atoms with Crippen molar-refractivity contribution in [1.82, 2.24) is 0 Å². The van der Waals surface area contributed by atoms with Crippen molar-refractivity contribution in [3.05, 3.63) is 24.0 Å². The Kier molecular flexibility index (Phi) is 22.3. The first-order valence-corrected chi connectivity index (χ1v) is 10.3. The standard InChI is InChI=1S/C22H38O4.Zn/c1-3-4-5-6-7-8-9-10-11-12-13-14-15-16-17-18-21(23)26-19-20(2)22(24)25;/h10-11,19H,3-9,12-18H2,1-2H3,(H,24,25);/b11-10+,20-19?;. The van der Waals surface area contributed by atoms with Crippen LogP contribution in [0.4, 0.5) is 0 Å². The predicted octanol–water partition coefficient (Wildman–Crippen LogP) is 6.55. The van der Waals surface area contributed by atoms with Gasteiger partial charge in [0.05, 0.1) is 5.57 Å². The van der Waals surface area contributed by atoms with Gasteiger partial charge in [-0.25, -0.2) is 4.79 Å². The Morgan fingerprint density at radius 1 is 0.815 bits per heavy atom. The second-order valence-corrected chi connectivity index (χ2v) is 6.93. The Morgan fingerprint density at radius 2 is 1.30 bits per heavy atom. The molecule has 152 valence electrons.